The van der Waals surface area contributed by atoms with Gasteiger partial charge in [-0.1, -0.05) is 33.3 Å². The predicted octanol–water partition coefficient (Wildman–Crippen LogP) is 5.26. The van der Waals surface area contributed by atoms with Crippen molar-refractivity contribution in [1.29, 1.82) is 0 Å². The van der Waals surface area contributed by atoms with Gasteiger partial charge in [-0.05, 0) is 55.2 Å². The van der Waals surface area contributed by atoms with Gasteiger partial charge in [0.2, 0.25) is 0 Å². The lowest BCUT2D eigenvalue weighted by molar-refractivity contribution is 0.103. The van der Waals surface area contributed by atoms with Crippen LogP contribution in [0.15, 0.2) is 42.6 Å². The fourth-order valence-corrected chi connectivity index (χ4v) is 3.20. The average Bonchev–Trinajstić information content (AvgIpc) is 2.72. The van der Waals surface area contributed by atoms with Gasteiger partial charge in [0.15, 0.2) is 11.5 Å². The van der Waals surface area contributed by atoms with Gasteiger partial charge in [-0.2, -0.15) is 0 Å². The van der Waals surface area contributed by atoms with Crippen LogP contribution in [0.2, 0.25) is 0 Å². The molecule has 2 aromatic rings. The fraction of sp³-hybridized carbons (Fsp3) is 0.375. The maximum absolute atomic E-state index is 13.6. The van der Waals surface area contributed by atoms with Gasteiger partial charge in [0.25, 0.3) is 0 Å². The van der Waals surface area contributed by atoms with E-state index in [0.717, 1.165) is 42.6 Å². The third-order valence-electron chi connectivity index (χ3n) is 4.56. The number of methoxy groups -OCH3 is 2. The van der Waals surface area contributed by atoms with E-state index in [9.17, 15) is 4.79 Å². The maximum atomic E-state index is 13.6. The van der Waals surface area contributed by atoms with Crippen LogP contribution in [-0.2, 0) is 12.8 Å². The summed E-state index contributed by atoms with van der Waals surface area (Å²) >= 11 is 0. The molecule has 0 saturated heterocycles. The monoisotopic (exact) mass is 397 g/mol. The molecule has 0 spiro atoms. The lowest BCUT2D eigenvalue weighted by Crippen LogP contribution is -2.18. The van der Waals surface area contributed by atoms with Gasteiger partial charge in [-0.25, -0.2) is 5.48 Å². The van der Waals surface area contributed by atoms with Crippen LogP contribution < -0.4 is 19.8 Å². The fourth-order valence-electron chi connectivity index (χ4n) is 3.20. The molecule has 5 nitrogen and oxygen atoms in total. The summed E-state index contributed by atoms with van der Waals surface area (Å²) in [4.78, 5) is 19.2. The molecule has 0 aliphatic heterocycles. The highest BCUT2D eigenvalue weighted by Crippen LogP contribution is 2.31. The van der Waals surface area contributed by atoms with E-state index in [1.54, 1.807) is 39.3 Å². The van der Waals surface area contributed by atoms with Crippen LogP contribution in [0.25, 0.3) is 0 Å². The van der Waals surface area contributed by atoms with Crippen molar-refractivity contribution in [3.05, 3.63) is 64.9 Å². The number of ether oxygens (including phenoxy) is 2. The molecule has 2 rings (SSSR count). The quantitative estimate of drug-likeness (QED) is 0.414. The number of ketones is 1. The van der Waals surface area contributed by atoms with Crippen LogP contribution in [0.5, 0.6) is 17.2 Å². The third-order valence-corrected chi connectivity index (χ3v) is 4.56. The first-order valence-corrected chi connectivity index (χ1v) is 9.95. The van der Waals surface area contributed by atoms with Crippen LogP contribution >= 0.6 is 0 Å². The van der Waals surface area contributed by atoms with E-state index < -0.39 is 0 Å². The second-order valence-electron chi connectivity index (χ2n) is 7.00. The Morgan fingerprint density at radius 1 is 0.931 bits per heavy atom. The Bertz CT molecular complexity index is 873. The smallest absolute Gasteiger partial charge is 0.197 e. The van der Waals surface area contributed by atoms with Gasteiger partial charge in [-0.15, -0.1) is 0 Å². The van der Waals surface area contributed by atoms with Crippen molar-refractivity contribution >= 4 is 5.78 Å². The van der Waals surface area contributed by atoms with Crippen LogP contribution in [0.1, 0.15) is 60.7 Å². The molecule has 0 unspecified atom stereocenters. The molecular weight excluding hydrogens is 366 g/mol. The summed E-state index contributed by atoms with van der Waals surface area (Å²) in [6.45, 7) is 9.76. The van der Waals surface area contributed by atoms with Gasteiger partial charge in [0, 0.05) is 17.3 Å². The van der Waals surface area contributed by atoms with Crippen molar-refractivity contribution < 1.29 is 19.1 Å². The summed E-state index contributed by atoms with van der Waals surface area (Å²) in [6, 6.07) is 9.15. The van der Waals surface area contributed by atoms with Crippen molar-refractivity contribution in [1.82, 2.24) is 5.48 Å². The summed E-state index contributed by atoms with van der Waals surface area (Å²) in [5.41, 5.74) is 6.52. The van der Waals surface area contributed by atoms with Crippen LogP contribution in [0.3, 0.4) is 0 Å². The summed E-state index contributed by atoms with van der Waals surface area (Å²) in [5.74, 6) is 1.75. The first kappa shape index (κ1) is 22.3. The zero-order chi connectivity index (χ0) is 21.4. The Kier molecular flexibility index (Phi) is 8.13. The molecule has 0 aromatic heterocycles. The molecule has 0 atom stereocenters. The van der Waals surface area contributed by atoms with Crippen molar-refractivity contribution in [2.24, 2.45) is 0 Å². The molecule has 0 fully saturated rings. The van der Waals surface area contributed by atoms with E-state index >= 15 is 0 Å². The van der Waals surface area contributed by atoms with Gasteiger partial charge in [0.1, 0.15) is 11.5 Å². The molecule has 1 N–H and O–H groups in total. The number of hydroxylamine groups is 1. The lowest BCUT2D eigenvalue weighted by atomic mass is 9.92. The Morgan fingerprint density at radius 3 is 2.21 bits per heavy atom. The molecular formula is C24H31NO4. The van der Waals surface area contributed by atoms with Gasteiger partial charge >= 0.3 is 0 Å². The Labute approximate surface area is 173 Å². The number of benzene rings is 2. The third kappa shape index (κ3) is 5.53. The number of rotatable bonds is 11. The number of hydrogen-bond acceptors (Lipinski definition) is 5. The molecule has 2 aromatic carbocycles. The number of carbonyl (C=O) groups is 1. The first-order valence-electron chi connectivity index (χ1n) is 9.95. The van der Waals surface area contributed by atoms with E-state index in [1.807, 2.05) is 12.1 Å². The van der Waals surface area contributed by atoms with E-state index in [0.29, 0.717) is 28.3 Å². The van der Waals surface area contributed by atoms with Crippen molar-refractivity contribution in [2.45, 2.75) is 46.5 Å². The molecule has 0 bridgehead atoms. The van der Waals surface area contributed by atoms with Gasteiger partial charge in [0.05, 0.1) is 19.8 Å². The largest absolute Gasteiger partial charge is 0.497 e. The molecule has 0 saturated carbocycles. The van der Waals surface area contributed by atoms with Gasteiger partial charge in [-0.3, -0.25) is 4.79 Å². The zero-order valence-electron chi connectivity index (χ0n) is 18.1. The van der Waals surface area contributed by atoms with Crippen LogP contribution in [-0.4, -0.2) is 20.0 Å². The molecule has 0 radical (unpaired) electrons. The second-order valence-corrected chi connectivity index (χ2v) is 7.00. The Balaban J connectivity index is 2.57. The topological polar surface area (TPSA) is 56.8 Å². The standard InChI is InChI=1S/C24H31NO4/c1-7-9-17-14-22(28-6)18(10-8-2)13-21(17)24(26)20-12-11-19(27-5)15-23(20)29-25-16(3)4/h11-15,25H,3,7-10H2,1-2,4-6H3. The molecule has 156 valence electrons. The first-order chi connectivity index (χ1) is 13.9. The summed E-state index contributed by atoms with van der Waals surface area (Å²) in [6.07, 6.45) is 3.54. The Hall–Kier alpha value is -2.95. The zero-order valence-corrected chi connectivity index (χ0v) is 18.1. The van der Waals surface area contributed by atoms with Gasteiger partial charge < -0.3 is 14.3 Å². The minimum Gasteiger partial charge on any atom is -0.497 e. The van der Waals surface area contributed by atoms with E-state index in [2.05, 4.69) is 25.9 Å². The number of hydrogen-bond donors (Lipinski definition) is 1. The summed E-state index contributed by atoms with van der Waals surface area (Å²) in [5, 5.41) is 0. The lowest BCUT2D eigenvalue weighted by Gasteiger charge is -2.17. The molecule has 5 heteroatoms. The molecule has 29 heavy (non-hydrogen) atoms. The van der Waals surface area contributed by atoms with Crippen molar-refractivity contribution in [3.63, 3.8) is 0 Å². The van der Waals surface area contributed by atoms with E-state index in [-0.39, 0.29) is 5.78 Å². The van der Waals surface area contributed by atoms with Crippen LogP contribution in [0.4, 0.5) is 0 Å². The van der Waals surface area contributed by atoms with E-state index in [1.165, 1.54) is 0 Å². The van der Waals surface area contributed by atoms with Crippen molar-refractivity contribution in [3.8, 4) is 17.2 Å². The molecule has 0 aliphatic carbocycles. The minimum atomic E-state index is -0.0883. The van der Waals surface area contributed by atoms with Crippen LogP contribution in [0, 0.1) is 0 Å². The maximum Gasteiger partial charge on any atom is 0.197 e. The number of aryl methyl sites for hydroxylation is 2. The molecule has 0 amide bonds. The molecule has 0 heterocycles. The second kappa shape index (κ2) is 10.6. The SMILES string of the molecule is C=C(C)NOc1cc(OC)ccc1C(=O)c1cc(CCC)c(OC)cc1CCC. The summed E-state index contributed by atoms with van der Waals surface area (Å²) in [7, 11) is 3.25. The molecule has 0 aliphatic rings. The number of carbonyl (C=O) groups excluding carboxylic acids is 1. The average molecular weight is 398 g/mol. The Morgan fingerprint density at radius 2 is 1.62 bits per heavy atom. The number of nitrogens with one attached hydrogen (secondary N) is 1. The summed E-state index contributed by atoms with van der Waals surface area (Å²) < 4.78 is 10.9. The highest BCUT2D eigenvalue weighted by Gasteiger charge is 2.21. The highest BCUT2D eigenvalue weighted by atomic mass is 16.6. The number of allylic oxidation sites excluding steroid dienone is 1. The predicted molar refractivity (Wildman–Crippen MR) is 116 cm³/mol. The highest BCUT2D eigenvalue weighted by molar-refractivity contribution is 6.12. The van der Waals surface area contributed by atoms with Crippen molar-refractivity contribution in [2.75, 3.05) is 14.2 Å². The normalized spacial score (nSPS) is 10.4. The minimum absolute atomic E-state index is 0.0883. The van der Waals surface area contributed by atoms with E-state index in [4.69, 9.17) is 14.3 Å².